The van der Waals surface area contributed by atoms with Crippen LogP contribution in [0.5, 0.6) is 0 Å². The van der Waals surface area contributed by atoms with Crippen LogP contribution in [0.2, 0.25) is 0 Å². The van der Waals surface area contributed by atoms with E-state index in [0.29, 0.717) is 5.75 Å². The molecule has 0 saturated heterocycles. The number of thioether (sulfide) groups is 1. The minimum Gasteiger partial charge on any atom is -0.481 e. The van der Waals surface area contributed by atoms with Gasteiger partial charge in [0.25, 0.3) is 0 Å². The zero-order valence-electron chi connectivity index (χ0n) is 7.36. The fourth-order valence-electron chi connectivity index (χ4n) is 0.862. The maximum Gasteiger partial charge on any atom is 0.304 e. The molecule has 0 spiro atoms. The molecule has 0 aliphatic heterocycles. The highest BCUT2D eigenvalue weighted by Gasteiger charge is 1.98. The molecule has 1 N–H and O–H groups in total. The van der Waals surface area contributed by atoms with Gasteiger partial charge in [0.15, 0.2) is 0 Å². The third-order valence-corrected chi connectivity index (χ3v) is 2.40. The zero-order chi connectivity index (χ0) is 9.68. The molecule has 0 aliphatic carbocycles. The molecule has 4 heteroatoms. The minimum atomic E-state index is -0.756. The van der Waals surface area contributed by atoms with Gasteiger partial charge in [0.1, 0.15) is 0 Å². The largest absolute Gasteiger partial charge is 0.481 e. The molecule has 13 heavy (non-hydrogen) atoms. The van der Waals surface area contributed by atoms with E-state index in [4.69, 9.17) is 5.11 Å². The Morgan fingerprint density at radius 1 is 1.62 bits per heavy atom. The SMILES string of the molecule is Cc1cncc(SCCC(=O)O)c1. The molecule has 0 aromatic carbocycles. The van der Waals surface area contributed by atoms with Crippen LogP contribution >= 0.6 is 11.8 Å². The van der Waals surface area contributed by atoms with Crippen LogP contribution in [0.15, 0.2) is 23.4 Å². The van der Waals surface area contributed by atoms with E-state index in [2.05, 4.69) is 4.98 Å². The molecule has 1 heterocycles. The summed E-state index contributed by atoms with van der Waals surface area (Å²) in [7, 11) is 0. The molecule has 1 aromatic rings. The smallest absolute Gasteiger partial charge is 0.304 e. The van der Waals surface area contributed by atoms with Crippen molar-refractivity contribution in [2.24, 2.45) is 0 Å². The van der Waals surface area contributed by atoms with Gasteiger partial charge in [0.05, 0.1) is 6.42 Å². The van der Waals surface area contributed by atoms with Crippen LogP contribution < -0.4 is 0 Å². The van der Waals surface area contributed by atoms with Crippen LogP contribution in [0.1, 0.15) is 12.0 Å². The first kappa shape index (κ1) is 10.1. The van der Waals surface area contributed by atoms with Crippen LogP contribution in [0.4, 0.5) is 0 Å². The topological polar surface area (TPSA) is 50.2 Å². The first-order valence-electron chi connectivity index (χ1n) is 3.95. The summed E-state index contributed by atoms with van der Waals surface area (Å²) in [5.74, 6) is -0.159. The molecule has 3 nitrogen and oxygen atoms in total. The normalized spacial score (nSPS) is 9.92. The molecule has 0 saturated carbocycles. The summed E-state index contributed by atoms with van der Waals surface area (Å²) < 4.78 is 0. The van der Waals surface area contributed by atoms with Gasteiger partial charge in [-0.1, -0.05) is 0 Å². The molecular formula is C9H11NO2S. The van der Waals surface area contributed by atoms with Crippen molar-refractivity contribution in [3.05, 3.63) is 24.0 Å². The molecule has 0 amide bonds. The Kier molecular flexibility index (Phi) is 3.76. The highest BCUT2D eigenvalue weighted by molar-refractivity contribution is 7.99. The highest BCUT2D eigenvalue weighted by Crippen LogP contribution is 2.18. The molecule has 0 bridgehead atoms. The summed E-state index contributed by atoms with van der Waals surface area (Å²) in [5.41, 5.74) is 1.10. The standard InChI is InChI=1S/C9H11NO2S/c1-7-4-8(6-10-5-7)13-3-2-9(11)12/h4-6H,2-3H2,1H3,(H,11,12). The number of pyridine rings is 1. The molecule has 0 unspecified atom stereocenters. The summed E-state index contributed by atoms with van der Waals surface area (Å²) in [6, 6.07) is 2.00. The fraction of sp³-hybridized carbons (Fsp3) is 0.333. The quantitative estimate of drug-likeness (QED) is 0.749. The van der Waals surface area contributed by atoms with Crippen molar-refractivity contribution in [3.63, 3.8) is 0 Å². The molecular weight excluding hydrogens is 186 g/mol. The van der Waals surface area contributed by atoms with Crippen LogP contribution in [0.3, 0.4) is 0 Å². The fourth-order valence-corrected chi connectivity index (χ4v) is 1.78. The second-order valence-electron chi connectivity index (χ2n) is 2.69. The average Bonchev–Trinajstić information content (AvgIpc) is 2.03. The molecule has 0 fully saturated rings. The minimum absolute atomic E-state index is 0.193. The summed E-state index contributed by atoms with van der Waals surface area (Å²) in [4.78, 5) is 15.3. The summed E-state index contributed by atoms with van der Waals surface area (Å²) in [6.45, 7) is 1.97. The van der Waals surface area contributed by atoms with Crippen molar-refractivity contribution in [1.82, 2.24) is 4.98 Å². The Balaban J connectivity index is 2.41. The lowest BCUT2D eigenvalue weighted by molar-refractivity contribution is -0.136. The van der Waals surface area contributed by atoms with Crippen molar-refractivity contribution < 1.29 is 9.90 Å². The first-order chi connectivity index (χ1) is 6.18. The van der Waals surface area contributed by atoms with Crippen molar-refractivity contribution >= 4 is 17.7 Å². The van der Waals surface area contributed by atoms with Crippen molar-refractivity contribution in [2.75, 3.05) is 5.75 Å². The molecule has 70 valence electrons. The number of nitrogens with zero attached hydrogens (tertiary/aromatic N) is 1. The second-order valence-corrected chi connectivity index (χ2v) is 3.86. The Morgan fingerprint density at radius 2 is 2.38 bits per heavy atom. The summed E-state index contributed by atoms with van der Waals surface area (Å²) in [6.07, 6.45) is 3.72. The van der Waals surface area contributed by atoms with Gasteiger partial charge in [-0.05, 0) is 18.6 Å². The van der Waals surface area contributed by atoms with Gasteiger partial charge >= 0.3 is 5.97 Å². The van der Waals surface area contributed by atoms with E-state index < -0.39 is 5.97 Å². The molecule has 0 radical (unpaired) electrons. The molecule has 0 aliphatic rings. The summed E-state index contributed by atoms with van der Waals surface area (Å²) >= 11 is 1.52. The van der Waals surface area contributed by atoms with E-state index in [1.165, 1.54) is 11.8 Å². The molecule has 0 atom stereocenters. The van der Waals surface area contributed by atoms with Crippen molar-refractivity contribution in [2.45, 2.75) is 18.2 Å². The number of hydrogen-bond acceptors (Lipinski definition) is 3. The Hall–Kier alpha value is -1.03. The second kappa shape index (κ2) is 4.87. The number of carboxylic acids is 1. The van der Waals surface area contributed by atoms with E-state index in [1.54, 1.807) is 12.4 Å². The Labute approximate surface area is 81.2 Å². The predicted octanol–water partition coefficient (Wildman–Crippen LogP) is 1.96. The monoisotopic (exact) mass is 197 g/mol. The van der Waals surface area contributed by atoms with Crippen LogP contribution in [-0.4, -0.2) is 21.8 Å². The lowest BCUT2D eigenvalue weighted by Gasteiger charge is -1.99. The van der Waals surface area contributed by atoms with Gasteiger partial charge in [0.2, 0.25) is 0 Å². The van der Waals surface area contributed by atoms with Crippen molar-refractivity contribution in [3.8, 4) is 0 Å². The average molecular weight is 197 g/mol. The third kappa shape index (κ3) is 3.94. The van der Waals surface area contributed by atoms with Gasteiger partial charge in [-0.25, -0.2) is 0 Å². The number of hydrogen-bond donors (Lipinski definition) is 1. The number of rotatable bonds is 4. The number of carbonyl (C=O) groups is 1. The maximum absolute atomic E-state index is 10.2. The first-order valence-corrected chi connectivity index (χ1v) is 4.93. The number of aryl methyl sites for hydroxylation is 1. The van der Waals surface area contributed by atoms with Gasteiger partial charge in [-0.2, -0.15) is 0 Å². The number of aromatic nitrogens is 1. The van der Waals surface area contributed by atoms with Gasteiger partial charge in [-0.15, -0.1) is 11.8 Å². The van der Waals surface area contributed by atoms with Crippen molar-refractivity contribution in [1.29, 1.82) is 0 Å². The number of aliphatic carboxylic acids is 1. The third-order valence-electron chi connectivity index (χ3n) is 1.43. The zero-order valence-corrected chi connectivity index (χ0v) is 8.17. The van der Waals surface area contributed by atoms with E-state index in [9.17, 15) is 4.79 Å². The Morgan fingerprint density at radius 3 is 3.00 bits per heavy atom. The van der Waals surface area contributed by atoms with E-state index in [-0.39, 0.29) is 6.42 Å². The van der Waals surface area contributed by atoms with Crippen LogP contribution in [-0.2, 0) is 4.79 Å². The molecule has 1 rings (SSSR count). The van der Waals surface area contributed by atoms with E-state index >= 15 is 0 Å². The highest BCUT2D eigenvalue weighted by atomic mass is 32.2. The lowest BCUT2D eigenvalue weighted by atomic mass is 10.3. The Bertz CT molecular complexity index is 301. The van der Waals surface area contributed by atoms with E-state index in [0.717, 1.165) is 10.5 Å². The van der Waals surface area contributed by atoms with Crippen LogP contribution in [0, 0.1) is 6.92 Å². The van der Waals surface area contributed by atoms with Gasteiger partial charge < -0.3 is 5.11 Å². The van der Waals surface area contributed by atoms with Crippen LogP contribution in [0.25, 0.3) is 0 Å². The predicted molar refractivity (Wildman–Crippen MR) is 52.0 cm³/mol. The molecule has 1 aromatic heterocycles. The van der Waals surface area contributed by atoms with Gasteiger partial charge in [0, 0.05) is 23.0 Å². The lowest BCUT2D eigenvalue weighted by Crippen LogP contribution is -1.95. The van der Waals surface area contributed by atoms with Gasteiger partial charge in [-0.3, -0.25) is 9.78 Å². The summed E-state index contributed by atoms with van der Waals surface area (Å²) in [5, 5.41) is 8.42. The number of carboxylic acid groups (broad SMARTS) is 1. The maximum atomic E-state index is 10.2. The van der Waals surface area contributed by atoms with E-state index in [1.807, 2.05) is 13.0 Å².